The number of aryl methyl sites for hydroxylation is 1. The molecule has 0 spiro atoms. The van der Waals surface area contributed by atoms with Crippen LogP contribution in [0.1, 0.15) is 34.5 Å². The Morgan fingerprint density at radius 1 is 1.15 bits per heavy atom. The van der Waals surface area contributed by atoms with Crippen LogP contribution in [0.3, 0.4) is 0 Å². The standard InChI is InChI=1S/C26H24FNO4S/c1-3-32-20-11-8-18(15-16(20)2)24(29)22-23(21-5-4-14-33-21)28(26(31)25(22)30)13-12-17-6-9-19(27)10-7-17/h4-11,14-15,23,29H,3,12-13H2,1-2H3/b24-22-. The lowest BCUT2D eigenvalue weighted by atomic mass is 9.98. The Kier molecular flexibility index (Phi) is 6.60. The number of carbonyl (C=O) groups is 2. The number of thiophene rings is 1. The number of rotatable bonds is 7. The Labute approximate surface area is 195 Å². The molecule has 0 bridgehead atoms. The van der Waals surface area contributed by atoms with Crippen molar-refractivity contribution in [3.63, 3.8) is 0 Å². The van der Waals surface area contributed by atoms with Gasteiger partial charge >= 0.3 is 0 Å². The number of nitrogens with zero attached hydrogens (tertiary/aromatic N) is 1. The monoisotopic (exact) mass is 465 g/mol. The van der Waals surface area contributed by atoms with Gasteiger partial charge in [-0.3, -0.25) is 9.59 Å². The number of hydrogen-bond donors (Lipinski definition) is 1. The SMILES string of the molecule is CCOc1ccc(/C(O)=C2/C(=O)C(=O)N(CCc3ccc(F)cc3)C2c2cccs2)cc1C. The fourth-order valence-electron chi connectivity index (χ4n) is 4.02. The molecule has 1 aliphatic rings. The number of likely N-dealkylation sites (tertiary alicyclic amines) is 1. The van der Waals surface area contributed by atoms with Gasteiger partial charge in [0.1, 0.15) is 17.3 Å². The first-order chi connectivity index (χ1) is 15.9. The van der Waals surface area contributed by atoms with Crippen molar-refractivity contribution in [2.24, 2.45) is 0 Å². The van der Waals surface area contributed by atoms with E-state index >= 15 is 0 Å². The van der Waals surface area contributed by atoms with Crippen molar-refractivity contribution in [2.75, 3.05) is 13.2 Å². The molecule has 0 radical (unpaired) electrons. The molecule has 1 atom stereocenters. The lowest BCUT2D eigenvalue weighted by Gasteiger charge is -2.24. The van der Waals surface area contributed by atoms with E-state index in [-0.39, 0.29) is 23.7 Å². The van der Waals surface area contributed by atoms with Gasteiger partial charge in [0.05, 0.1) is 18.2 Å². The van der Waals surface area contributed by atoms with E-state index in [2.05, 4.69) is 0 Å². The highest BCUT2D eigenvalue weighted by atomic mass is 32.1. The van der Waals surface area contributed by atoms with E-state index in [1.54, 1.807) is 30.3 Å². The molecule has 170 valence electrons. The molecule has 0 saturated carbocycles. The number of ketones is 1. The maximum absolute atomic E-state index is 13.2. The van der Waals surface area contributed by atoms with E-state index < -0.39 is 17.7 Å². The van der Waals surface area contributed by atoms with Crippen LogP contribution in [0.15, 0.2) is 65.6 Å². The predicted octanol–water partition coefficient (Wildman–Crippen LogP) is 5.26. The molecule has 1 N–H and O–H groups in total. The quantitative estimate of drug-likeness (QED) is 0.294. The number of benzene rings is 2. The Morgan fingerprint density at radius 2 is 1.91 bits per heavy atom. The Morgan fingerprint density at radius 3 is 2.55 bits per heavy atom. The predicted molar refractivity (Wildman–Crippen MR) is 126 cm³/mol. The number of amides is 1. The molecule has 5 nitrogen and oxygen atoms in total. The van der Waals surface area contributed by atoms with Gasteiger partial charge in [-0.2, -0.15) is 0 Å². The van der Waals surface area contributed by atoms with Crippen molar-refractivity contribution in [3.8, 4) is 5.75 Å². The summed E-state index contributed by atoms with van der Waals surface area (Å²) in [5.74, 6) is -1.20. The van der Waals surface area contributed by atoms with Crippen molar-refractivity contribution in [3.05, 3.63) is 92.9 Å². The summed E-state index contributed by atoms with van der Waals surface area (Å²) in [5.41, 5.74) is 2.20. The van der Waals surface area contributed by atoms with Crippen LogP contribution in [0.25, 0.3) is 5.76 Å². The summed E-state index contributed by atoms with van der Waals surface area (Å²) in [4.78, 5) is 28.3. The van der Waals surface area contributed by atoms with Gasteiger partial charge in [-0.25, -0.2) is 4.39 Å². The van der Waals surface area contributed by atoms with Crippen molar-refractivity contribution < 1.29 is 23.8 Å². The van der Waals surface area contributed by atoms with E-state index in [1.165, 1.54) is 28.4 Å². The first-order valence-corrected chi connectivity index (χ1v) is 11.6. The highest BCUT2D eigenvalue weighted by molar-refractivity contribution is 7.10. The zero-order chi connectivity index (χ0) is 23.5. The zero-order valence-electron chi connectivity index (χ0n) is 18.4. The molecule has 1 amide bonds. The van der Waals surface area contributed by atoms with Crippen LogP contribution < -0.4 is 4.74 Å². The van der Waals surface area contributed by atoms with Gasteiger partial charge in [0.25, 0.3) is 11.7 Å². The smallest absolute Gasteiger partial charge is 0.295 e. The van der Waals surface area contributed by atoms with Crippen LogP contribution in [-0.4, -0.2) is 34.8 Å². The molecular formula is C26H24FNO4S. The van der Waals surface area contributed by atoms with Gasteiger partial charge < -0.3 is 14.7 Å². The zero-order valence-corrected chi connectivity index (χ0v) is 19.2. The molecule has 1 aromatic heterocycles. The number of aliphatic hydroxyl groups excluding tert-OH is 1. The Bertz CT molecular complexity index is 1200. The minimum absolute atomic E-state index is 0.0742. The summed E-state index contributed by atoms with van der Waals surface area (Å²) >= 11 is 1.42. The maximum Gasteiger partial charge on any atom is 0.295 e. The van der Waals surface area contributed by atoms with Gasteiger partial charge in [-0.1, -0.05) is 18.2 Å². The van der Waals surface area contributed by atoms with Gasteiger partial charge in [-0.15, -0.1) is 11.3 Å². The molecule has 2 aromatic carbocycles. The third kappa shape index (κ3) is 4.54. The largest absolute Gasteiger partial charge is 0.507 e. The number of Topliss-reactive ketones (excluding diaryl/α,β-unsaturated/α-hetero) is 1. The lowest BCUT2D eigenvalue weighted by Crippen LogP contribution is -2.31. The van der Waals surface area contributed by atoms with E-state index in [1.807, 2.05) is 31.4 Å². The van der Waals surface area contributed by atoms with Crippen LogP contribution in [0, 0.1) is 12.7 Å². The van der Waals surface area contributed by atoms with Gasteiger partial charge in [0, 0.05) is 17.0 Å². The minimum Gasteiger partial charge on any atom is -0.507 e. The van der Waals surface area contributed by atoms with E-state index in [9.17, 15) is 19.1 Å². The third-order valence-corrected chi connectivity index (χ3v) is 6.58. The van der Waals surface area contributed by atoms with Crippen molar-refractivity contribution in [2.45, 2.75) is 26.3 Å². The third-order valence-electron chi connectivity index (χ3n) is 5.66. The van der Waals surface area contributed by atoms with Crippen LogP contribution in [-0.2, 0) is 16.0 Å². The topological polar surface area (TPSA) is 66.8 Å². The van der Waals surface area contributed by atoms with E-state index in [0.29, 0.717) is 24.3 Å². The molecule has 2 heterocycles. The molecule has 7 heteroatoms. The highest BCUT2D eigenvalue weighted by Crippen LogP contribution is 2.41. The van der Waals surface area contributed by atoms with Crippen LogP contribution in [0.2, 0.25) is 0 Å². The first kappa shape index (κ1) is 22.7. The summed E-state index contributed by atoms with van der Waals surface area (Å²) < 4.78 is 18.8. The molecule has 1 aliphatic heterocycles. The number of carbonyl (C=O) groups excluding carboxylic acids is 2. The van der Waals surface area contributed by atoms with Crippen LogP contribution in [0.4, 0.5) is 4.39 Å². The second-order valence-electron chi connectivity index (χ2n) is 7.80. The van der Waals surface area contributed by atoms with Crippen LogP contribution >= 0.6 is 11.3 Å². The maximum atomic E-state index is 13.2. The second-order valence-corrected chi connectivity index (χ2v) is 8.78. The van der Waals surface area contributed by atoms with Gasteiger partial charge in [0.2, 0.25) is 0 Å². The number of aliphatic hydroxyl groups is 1. The average molecular weight is 466 g/mol. The average Bonchev–Trinajstić information content (AvgIpc) is 3.42. The number of halogens is 1. The molecular weight excluding hydrogens is 441 g/mol. The Balaban J connectivity index is 1.72. The molecule has 4 rings (SSSR count). The molecule has 1 unspecified atom stereocenters. The summed E-state index contributed by atoms with van der Waals surface area (Å²) in [5, 5.41) is 13.0. The minimum atomic E-state index is -0.712. The molecule has 0 aliphatic carbocycles. The summed E-state index contributed by atoms with van der Waals surface area (Å²) in [7, 11) is 0. The molecule has 33 heavy (non-hydrogen) atoms. The fourth-order valence-corrected chi connectivity index (χ4v) is 4.87. The van der Waals surface area contributed by atoms with Crippen molar-refractivity contribution in [1.82, 2.24) is 4.90 Å². The fraction of sp³-hybridized carbons (Fsp3) is 0.231. The molecule has 1 saturated heterocycles. The summed E-state index contributed by atoms with van der Waals surface area (Å²) in [6, 6.07) is 14.3. The van der Waals surface area contributed by atoms with Crippen LogP contribution in [0.5, 0.6) is 5.75 Å². The molecule has 3 aromatic rings. The lowest BCUT2D eigenvalue weighted by molar-refractivity contribution is -0.139. The van der Waals surface area contributed by atoms with Gasteiger partial charge in [-0.05, 0) is 73.2 Å². The number of ether oxygens (including phenoxy) is 1. The molecule has 1 fully saturated rings. The van der Waals surface area contributed by atoms with Crippen molar-refractivity contribution >= 4 is 28.8 Å². The summed E-state index contributed by atoms with van der Waals surface area (Å²) in [6.07, 6.45) is 0.456. The normalized spacial score (nSPS) is 17.5. The summed E-state index contributed by atoms with van der Waals surface area (Å²) in [6.45, 7) is 4.53. The van der Waals surface area contributed by atoms with E-state index in [0.717, 1.165) is 16.0 Å². The highest BCUT2D eigenvalue weighted by Gasteiger charge is 2.46. The van der Waals surface area contributed by atoms with Gasteiger partial charge in [0.15, 0.2) is 0 Å². The first-order valence-electron chi connectivity index (χ1n) is 10.7. The number of hydrogen-bond acceptors (Lipinski definition) is 5. The van der Waals surface area contributed by atoms with E-state index in [4.69, 9.17) is 4.74 Å². The second kappa shape index (κ2) is 9.58. The van der Waals surface area contributed by atoms with Crippen molar-refractivity contribution in [1.29, 1.82) is 0 Å². The Hall–Kier alpha value is -3.45.